The lowest BCUT2D eigenvalue weighted by Crippen LogP contribution is -2.27. The molecule has 22 heavy (non-hydrogen) atoms. The van der Waals surface area contributed by atoms with E-state index >= 15 is 0 Å². The fourth-order valence-electron chi connectivity index (χ4n) is 2.13. The van der Waals surface area contributed by atoms with Crippen molar-refractivity contribution in [3.8, 4) is 0 Å². The number of amides is 2. The maximum absolute atomic E-state index is 12.3. The molecular formula is C14H20N6O2. The van der Waals surface area contributed by atoms with E-state index in [4.69, 9.17) is 0 Å². The minimum atomic E-state index is -0.317. The average molecular weight is 304 g/mol. The Hall–Kier alpha value is -2.64. The maximum atomic E-state index is 12.3. The normalized spacial score (nSPS) is 10.5. The van der Waals surface area contributed by atoms with Gasteiger partial charge in [0.1, 0.15) is 5.69 Å². The molecule has 0 aliphatic heterocycles. The lowest BCUT2D eigenvalue weighted by atomic mass is 10.2. The Morgan fingerprint density at radius 1 is 1.27 bits per heavy atom. The van der Waals surface area contributed by atoms with Crippen molar-refractivity contribution in [3.05, 3.63) is 29.3 Å². The number of nitrogens with zero attached hydrogens (tertiary/aromatic N) is 4. The molecule has 0 atom stereocenters. The van der Waals surface area contributed by atoms with Crippen LogP contribution >= 0.6 is 0 Å². The highest BCUT2D eigenvalue weighted by molar-refractivity contribution is 6.08. The predicted molar refractivity (Wildman–Crippen MR) is 81.7 cm³/mol. The van der Waals surface area contributed by atoms with E-state index in [0.717, 1.165) is 6.42 Å². The Morgan fingerprint density at radius 2 is 2.00 bits per heavy atom. The monoisotopic (exact) mass is 304 g/mol. The van der Waals surface area contributed by atoms with Crippen LogP contribution in [0.15, 0.2) is 12.4 Å². The van der Waals surface area contributed by atoms with Crippen LogP contribution in [-0.4, -0.2) is 37.9 Å². The third-order valence-corrected chi connectivity index (χ3v) is 3.20. The van der Waals surface area contributed by atoms with Gasteiger partial charge in [0.15, 0.2) is 0 Å². The van der Waals surface area contributed by atoms with Gasteiger partial charge in [-0.3, -0.25) is 19.0 Å². The van der Waals surface area contributed by atoms with Crippen LogP contribution in [0.3, 0.4) is 0 Å². The van der Waals surface area contributed by atoms with Crippen LogP contribution in [0.25, 0.3) is 0 Å². The summed E-state index contributed by atoms with van der Waals surface area (Å²) in [4.78, 5) is 24.5. The highest BCUT2D eigenvalue weighted by Crippen LogP contribution is 2.16. The summed E-state index contributed by atoms with van der Waals surface area (Å²) in [6, 6.07) is 0. The van der Waals surface area contributed by atoms with Crippen molar-refractivity contribution in [2.45, 2.75) is 20.3 Å². The molecule has 118 valence electrons. The lowest BCUT2D eigenvalue weighted by molar-refractivity contribution is 0.0945. The van der Waals surface area contributed by atoms with Gasteiger partial charge in [0.2, 0.25) is 0 Å². The molecule has 0 saturated carbocycles. The summed E-state index contributed by atoms with van der Waals surface area (Å²) in [5.41, 5.74) is 1.79. The first kappa shape index (κ1) is 15.7. The molecule has 2 N–H and O–H groups in total. The Kier molecular flexibility index (Phi) is 4.59. The smallest absolute Gasteiger partial charge is 0.271 e. The number of hydrogen-bond acceptors (Lipinski definition) is 4. The summed E-state index contributed by atoms with van der Waals surface area (Å²) >= 11 is 0. The van der Waals surface area contributed by atoms with E-state index in [0.29, 0.717) is 29.2 Å². The quantitative estimate of drug-likeness (QED) is 0.856. The molecule has 2 aromatic heterocycles. The van der Waals surface area contributed by atoms with E-state index in [1.54, 1.807) is 31.9 Å². The zero-order valence-corrected chi connectivity index (χ0v) is 13.2. The molecule has 2 aromatic rings. The van der Waals surface area contributed by atoms with Crippen molar-refractivity contribution in [2.24, 2.45) is 14.1 Å². The topological polar surface area (TPSA) is 93.8 Å². The lowest BCUT2D eigenvalue weighted by Gasteiger charge is -2.08. The standard InChI is InChI=1S/C14H20N6O2/c1-5-6-15-14(22)12-11(7-16-20(12)4)17-13(21)10-8-19(3)18-9(10)2/h7-8H,5-6H2,1-4H3,(H,15,22)(H,17,21). The largest absolute Gasteiger partial charge is 0.351 e. The maximum Gasteiger partial charge on any atom is 0.271 e. The second-order valence-electron chi connectivity index (χ2n) is 5.04. The van der Waals surface area contributed by atoms with Crippen molar-refractivity contribution < 1.29 is 9.59 Å². The Morgan fingerprint density at radius 3 is 2.59 bits per heavy atom. The van der Waals surface area contributed by atoms with Crippen LogP contribution in [0.1, 0.15) is 39.9 Å². The van der Waals surface area contributed by atoms with Gasteiger partial charge in [-0.2, -0.15) is 10.2 Å². The summed E-state index contributed by atoms with van der Waals surface area (Å²) in [5.74, 6) is -0.580. The summed E-state index contributed by atoms with van der Waals surface area (Å²) in [5, 5.41) is 13.7. The van der Waals surface area contributed by atoms with E-state index in [-0.39, 0.29) is 11.8 Å². The van der Waals surface area contributed by atoms with Crippen LogP contribution in [0.5, 0.6) is 0 Å². The van der Waals surface area contributed by atoms with E-state index in [1.165, 1.54) is 10.9 Å². The molecule has 2 heterocycles. The van der Waals surface area contributed by atoms with Crippen molar-refractivity contribution in [1.29, 1.82) is 0 Å². The number of anilines is 1. The third kappa shape index (κ3) is 3.16. The van der Waals surface area contributed by atoms with Crippen LogP contribution in [0.2, 0.25) is 0 Å². The number of hydrogen-bond donors (Lipinski definition) is 2. The van der Waals surface area contributed by atoms with Gasteiger partial charge in [-0.25, -0.2) is 0 Å². The van der Waals surface area contributed by atoms with Crippen LogP contribution in [-0.2, 0) is 14.1 Å². The molecule has 2 rings (SSSR count). The molecule has 8 nitrogen and oxygen atoms in total. The van der Waals surface area contributed by atoms with Gasteiger partial charge in [-0.15, -0.1) is 0 Å². The van der Waals surface area contributed by atoms with E-state index in [2.05, 4.69) is 20.8 Å². The molecule has 0 aliphatic rings. The number of rotatable bonds is 5. The van der Waals surface area contributed by atoms with Gasteiger partial charge in [0, 0.05) is 26.8 Å². The van der Waals surface area contributed by atoms with E-state index in [1.807, 2.05) is 6.92 Å². The van der Waals surface area contributed by atoms with Gasteiger partial charge in [0.05, 0.1) is 23.1 Å². The molecule has 0 aliphatic carbocycles. The number of aromatic nitrogens is 4. The van der Waals surface area contributed by atoms with Crippen LogP contribution in [0.4, 0.5) is 5.69 Å². The first-order valence-electron chi connectivity index (χ1n) is 7.05. The number of carbonyl (C=O) groups excluding carboxylic acids is 2. The first-order valence-corrected chi connectivity index (χ1v) is 7.05. The molecule has 0 spiro atoms. The first-order chi connectivity index (χ1) is 10.4. The van der Waals surface area contributed by atoms with Gasteiger partial charge in [0.25, 0.3) is 11.8 Å². The zero-order chi connectivity index (χ0) is 16.3. The SMILES string of the molecule is CCCNC(=O)c1c(NC(=O)c2cn(C)nc2C)cnn1C. The molecule has 0 saturated heterocycles. The predicted octanol–water partition coefficient (Wildman–Crippen LogP) is 0.854. The minimum absolute atomic E-state index is 0.264. The molecule has 2 amide bonds. The fraction of sp³-hybridized carbons (Fsp3) is 0.429. The van der Waals surface area contributed by atoms with E-state index < -0.39 is 0 Å². The molecule has 0 unspecified atom stereocenters. The third-order valence-electron chi connectivity index (χ3n) is 3.20. The highest BCUT2D eigenvalue weighted by Gasteiger charge is 2.20. The number of nitrogens with one attached hydrogen (secondary N) is 2. The summed E-state index contributed by atoms with van der Waals surface area (Å²) in [6.07, 6.45) is 3.93. The minimum Gasteiger partial charge on any atom is -0.351 e. The van der Waals surface area contributed by atoms with Gasteiger partial charge < -0.3 is 10.6 Å². The Balaban J connectivity index is 2.21. The molecule has 0 radical (unpaired) electrons. The van der Waals surface area contributed by atoms with Gasteiger partial charge in [-0.05, 0) is 13.3 Å². The van der Waals surface area contributed by atoms with Crippen molar-refractivity contribution in [2.75, 3.05) is 11.9 Å². The van der Waals surface area contributed by atoms with Gasteiger partial charge in [-0.1, -0.05) is 6.92 Å². The fourth-order valence-corrected chi connectivity index (χ4v) is 2.13. The van der Waals surface area contributed by atoms with Crippen LogP contribution in [0, 0.1) is 6.92 Å². The second kappa shape index (κ2) is 6.42. The molecule has 0 aromatic carbocycles. The highest BCUT2D eigenvalue weighted by atomic mass is 16.2. The Labute approximate surface area is 128 Å². The van der Waals surface area contributed by atoms with E-state index in [9.17, 15) is 9.59 Å². The number of carbonyl (C=O) groups is 2. The van der Waals surface area contributed by atoms with Crippen molar-refractivity contribution in [1.82, 2.24) is 24.9 Å². The Bertz CT molecular complexity index is 700. The average Bonchev–Trinajstić information content (AvgIpc) is 2.98. The molecular weight excluding hydrogens is 284 g/mol. The summed E-state index contributed by atoms with van der Waals surface area (Å²) < 4.78 is 3.01. The molecule has 8 heteroatoms. The molecule has 0 fully saturated rings. The number of aryl methyl sites for hydroxylation is 3. The summed E-state index contributed by atoms with van der Waals surface area (Å²) in [7, 11) is 3.41. The second-order valence-corrected chi connectivity index (χ2v) is 5.04. The zero-order valence-electron chi connectivity index (χ0n) is 13.2. The van der Waals surface area contributed by atoms with Crippen molar-refractivity contribution >= 4 is 17.5 Å². The van der Waals surface area contributed by atoms with Gasteiger partial charge >= 0.3 is 0 Å². The van der Waals surface area contributed by atoms with Crippen LogP contribution < -0.4 is 10.6 Å². The molecule has 0 bridgehead atoms. The summed E-state index contributed by atoms with van der Waals surface area (Å²) in [6.45, 7) is 4.30. The van der Waals surface area contributed by atoms with Crippen molar-refractivity contribution in [3.63, 3.8) is 0 Å².